The molecule has 3 rings (SSSR count). The van der Waals surface area contributed by atoms with Crippen LogP contribution in [0.15, 0.2) is 36.7 Å². The van der Waals surface area contributed by atoms with E-state index < -0.39 is 0 Å². The number of aryl methyl sites for hydroxylation is 1. The first-order chi connectivity index (χ1) is 12.1. The maximum atomic E-state index is 12.2. The van der Waals surface area contributed by atoms with Gasteiger partial charge in [0, 0.05) is 51.8 Å². The monoisotopic (exact) mass is 339 g/mol. The SMILES string of the molecule is CN(C)c1ncc(C(=O)NCCCN2CCCc3ccccc32)cn1. The number of hydrogen-bond donors (Lipinski definition) is 1. The number of fused-ring (bicyclic) bond motifs is 1. The predicted octanol–water partition coefficient (Wildman–Crippen LogP) is 2.12. The third kappa shape index (κ3) is 4.26. The largest absolute Gasteiger partial charge is 0.371 e. The van der Waals surface area contributed by atoms with Crippen LogP contribution in [0.4, 0.5) is 11.6 Å². The number of rotatable bonds is 6. The molecule has 1 aromatic carbocycles. The number of anilines is 2. The van der Waals surface area contributed by atoms with Crippen molar-refractivity contribution in [2.24, 2.45) is 0 Å². The summed E-state index contributed by atoms with van der Waals surface area (Å²) >= 11 is 0. The van der Waals surface area contributed by atoms with Crippen molar-refractivity contribution in [2.45, 2.75) is 19.3 Å². The molecule has 0 atom stereocenters. The van der Waals surface area contributed by atoms with Gasteiger partial charge in [-0.2, -0.15) is 0 Å². The van der Waals surface area contributed by atoms with E-state index in [0.717, 1.165) is 25.9 Å². The van der Waals surface area contributed by atoms with Crippen LogP contribution in [0.3, 0.4) is 0 Å². The lowest BCUT2D eigenvalue weighted by atomic mass is 10.0. The minimum absolute atomic E-state index is 0.121. The molecule has 0 saturated carbocycles. The molecule has 0 bridgehead atoms. The van der Waals surface area contributed by atoms with E-state index in [2.05, 4.69) is 44.5 Å². The van der Waals surface area contributed by atoms with Crippen LogP contribution in [-0.2, 0) is 6.42 Å². The molecule has 0 radical (unpaired) electrons. The topological polar surface area (TPSA) is 61.4 Å². The summed E-state index contributed by atoms with van der Waals surface area (Å²) in [5.74, 6) is 0.477. The first-order valence-corrected chi connectivity index (χ1v) is 8.75. The van der Waals surface area contributed by atoms with Crippen molar-refractivity contribution < 1.29 is 4.79 Å². The van der Waals surface area contributed by atoms with Gasteiger partial charge in [-0.1, -0.05) is 18.2 Å². The van der Waals surface area contributed by atoms with E-state index in [0.29, 0.717) is 18.1 Å². The highest BCUT2D eigenvalue weighted by Gasteiger charge is 2.15. The standard InChI is InChI=1S/C19H25N5O/c1-23(2)19-21-13-16(14-22-19)18(25)20-10-6-12-24-11-5-8-15-7-3-4-9-17(15)24/h3-4,7,9,13-14H,5-6,8,10-12H2,1-2H3,(H,20,25). The van der Waals surface area contributed by atoms with Gasteiger partial charge in [0.05, 0.1) is 5.56 Å². The van der Waals surface area contributed by atoms with Crippen molar-refractivity contribution in [3.8, 4) is 0 Å². The minimum atomic E-state index is -0.121. The van der Waals surface area contributed by atoms with Gasteiger partial charge in [0.25, 0.3) is 5.91 Å². The third-order valence-corrected chi connectivity index (χ3v) is 4.40. The summed E-state index contributed by atoms with van der Waals surface area (Å²) in [6, 6.07) is 8.60. The maximum absolute atomic E-state index is 12.2. The molecule has 1 aliphatic heterocycles. The molecule has 0 unspecified atom stereocenters. The Morgan fingerprint density at radius 3 is 2.76 bits per heavy atom. The summed E-state index contributed by atoms with van der Waals surface area (Å²) in [5.41, 5.74) is 3.26. The lowest BCUT2D eigenvalue weighted by Gasteiger charge is -2.31. The number of benzene rings is 1. The highest BCUT2D eigenvalue weighted by atomic mass is 16.1. The summed E-state index contributed by atoms with van der Waals surface area (Å²) in [6.45, 7) is 2.69. The number of amides is 1. The van der Waals surface area contributed by atoms with Crippen LogP contribution in [0.1, 0.15) is 28.8 Å². The van der Waals surface area contributed by atoms with Gasteiger partial charge in [0.1, 0.15) is 0 Å². The molecule has 1 amide bonds. The van der Waals surface area contributed by atoms with E-state index in [1.165, 1.54) is 17.7 Å². The molecule has 0 spiro atoms. The van der Waals surface area contributed by atoms with Gasteiger partial charge in [-0.15, -0.1) is 0 Å². The zero-order chi connectivity index (χ0) is 17.6. The Hall–Kier alpha value is -2.63. The van der Waals surface area contributed by atoms with Gasteiger partial charge in [-0.05, 0) is 30.9 Å². The second-order valence-electron chi connectivity index (χ2n) is 6.49. The van der Waals surface area contributed by atoms with E-state index in [4.69, 9.17) is 0 Å². The molecule has 1 aliphatic rings. The van der Waals surface area contributed by atoms with Gasteiger partial charge in [-0.3, -0.25) is 4.79 Å². The smallest absolute Gasteiger partial charge is 0.254 e. The van der Waals surface area contributed by atoms with E-state index in [9.17, 15) is 4.79 Å². The Kier molecular flexibility index (Phi) is 5.48. The lowest BCUT2D eigenvalue weighted by Crippen LogP contribution is -2.33. The fraction of sp³-hybridized carbons (Fsp3) is 0.421. The summed E-state index contributed by atoms with van der Waals surface area (Å²) in [5, 5.41) is 2.95. The molecule has 6 heteroatoms. The molecule has 0 aliphatic carbocycles. The Bertz CT molecular complexity index is 714. The molecular weight excluding hydrogens is 314 g/mol. The van der Waals surface area contributed by atoms with Crippen LogP contribution in [0.5, 0.6) is 0 Å². The summed E-state index contributed by atoms with van der Waals surface area (Å²) in [7, 11) is 3.74. The highest BCUT2D eigenvalue weighted by molar-refractivity contribution is 5.93. The van der Waals surface area contributed by atoms with Crippen LogP contribution < -0.4 is 15.1 Å². The third-order valence-electron chi connectivity index (χ3n) is 4.40. The zero-order valence-electron chi connectivity index (χ0n) is 14.9. The normalized spacial score (nSPS) is 13.3. The van der Waals surface area contributed by atoms with Crippen molar-refractivity contribution in [3.63, 3.8) is 0 Å². The van der Waals surface area contributed by atoms with Crippen molar-refractivity contribution in [2.75, 3.05) is 43.5 Å². The molecular formula is C19H25N5O. The molecule has 6 nitrogen and oxygen atoms in total. The molecule has 0 saturated heterocycles. The second kappa shape index (κ2) is 7.96. The summed E-state index contributed by atoms with van der Waals surface area (Å²) in [6.07, 6.45) is 6.40. The zero-order valence-corrected chi connectivity index (χ0v) is 14.9. The molecule has 132 valence electrons. The minimum Gasteiger partial charge on any atom is -0.371 e. The van der Waals surface area contributed by atoms with Crippen LogP contribution in [0.25, 0.3) is 0 Å². The quantitative estimate of drug-likeness (QED) is 0.817. The number of hydrogen-bond acceptors (Lipinski definition) is 5. The van der Waals surface area contributed by atoms with E-state index in [1.54, 1.807) is 17.3 Å². The Balaban J connectivity index is 1.46. The molecule has 2 heterocycles. The van der Waals surface area contributed by atoms with Gasteiger partial charge >= 0.3 is 0 Å². The molecule has 25 heavy (non-hydrogen) atoms. The van der Waals surface area contributed by atoms with Crippen molar-refractivity contribution in [1.29, 1.82) is 0 Å². The van der Waals surface area contributed by atoms with Crippen molar-refractivity contribution in [3.05, 3.63) is 47.8 Å². The number of para-hydroxylation sites is 1. The first kappa shape index (κ1) is 17.2. The van der Waals surface area contributed by atoms with Crippen LogP contribution >= 0.6 is 0 Å². The summed E-state index contributed by atoms with van der Waals surface area (Å²) in [4.78, 5) is 24.7. The van der Waals surface area contributed by atoms with Crippen LogP contribution in [-0.4, -0.2) is 49.6 Å². The van der Waals surface area contributed by atoms with Gasteiger partial charge < -0.3 is 15.1 Å². The second-order valence-corrected chi connectivity index (χ2v) is 6.49. The van der Waals surface area contributed by atoms with Crippen LogP contribution in [0.2, 0.25) is 0 Å². The predicted molar refractivity (Wildman–Crippen MR) is 100 cm³/mol. The number of nitrogens with zero attached hydrogens (tertiary/aromatic N) is 4. The number of nitrogens with one attached hydrogen (secondary N) is 1. The van der Waals surface area contributed by atoms with Gasteiger partial charge in [0.2, 0.25) is 5.95 Å². The molecule has 1 aromatic heterocycles. The van der Waals surface area contributed by atoms with Gasteiger partial charge in [-0.25, -0.2) is 9.97 Å². The van der Waals surface area contributed by atoms with Crippen molar-refractivity contribution >= 4 is 17.5 Å². The average molecular weight is 339 g/mol. The summed E-state index contributed by atoms with van der Waals surface area (Å²) < 4.78 is 0. The van der Waals surface area contributed by atoms with Crippen molar-refractivity contribution in [1.82, 2.24) is 15.3 Å². The molecule has 0 fully saturated rings. The Morgan fingerprint density at radius 2 is 2.00 bits per heavy atom. The fourth-order valence-electron chi connectivity index (χ4n) is 3.09. The highest BCUT2D eigenvalue weighted by Crippen LogP contribution is 2.26. The van der Waals surface area contributed by atoms with E-state index in [1.807, 2.05) is 14.1 Å². The molecule has 2 aromatic rings. The van der Waals surface area contributed by atoms with Gasteiger partial charge in [0.15, 0.2) is 0 Å². The Labute approximate surface area is 148 Å². The average Bonchev–Trinajstić information content (AvgIpc) is 2.65. The number of aromatic nitrogens is 2. The van der Waals surface area contributed by atoms with Crippen LogP contribution in [0, 0.1) is 0 Å². The maximum Gasteiger partial charge on any atom is 0.254 e. The molecule has 1 N–H and O–H groups in total. The number of carbonyl (C=O) groups excluding carboxylic acids is 1. The Morgan fingerprint density at radius 1 is 1.24 bits per heavy atom. The first-order valence-electron chi connectivity index (χ1n) is 8.75. The number of carbonyl (C=O) groups is 1. The van der Waals surface area contributed by atoms with E-state index >= 15 is 0 Å². The van der Waals surface area contributed by atoms with E-state index in [-0.39, 0.29) is 5.91 Å². The lowest BCUT2D eigenvalue weighted by molar-refractivity contribution is 0.0952. The fourth-order valence-corrected chi connectivity index (χ4v) is 3.09.